The minimum Gasteiger partial charge on any atom is -0.410 e. The van der Waals surface area contributed by atoms with E-state index in [1.165, 1.54) is 0 Å². The molecule has 260 valence electrons. The fourth-order valence-corrected chi connectivity index (χ4v) is 4.40. The number of nitrogens with zero attached hydrogens (tertiary/aromatic N) is 5. The van der Waals surface area contributed by atoms with Crippen LogP contribution in [-0.2, 0) is 11.3 Å². The molecule has 0 spiro atoms. The lowest BCUT2D eigenvalue weighted by molar-refractivity contribution is -0.132. The Morgan fingerprint density at radius 2 is 1.23 bits per heavy atom. The van der Waals surface area contributed by atoms with Gasteiger partial charge in [0.15, 0.2) is 5.96 Å². The lowest BCUT2D eigenvalue weighted by Gasteiger charge is -2.34. The standard InChI is InChI=1S/C38H55N7O3/c1-4-5-6-7-8-9-10-11-12-13-14-15-16-17-18-19-20-21-22-23-35(46)44-28-30-45(31-29-44)38(47)48-34-26-24-33(25-27-34)32-41-36(39)42-37(40)43(2)3/h5-6,8-9,11-12,14-15,17-18,20-21,24-27H,4,7,10,13,16,19,22-23,28-32H2,1-3H3,(H4,39,40,41,42)/b6-5-,9-8-,12-11-,15-14-,18-17-,21-20-. The summed E-state index contributed by atoms with van der Waals surface area (Å²) in [4.78, 5) is 38.6. The van der Waals surface area contributed by atoms with Crippen LogP contribution in [0.4, 0.5) is 4.79 Å². The fourth-order valence-electron chi connectivity index (χ4n) is 4.40. The maximum Gasteiger partial charge on any atom is 0.415 e. The number of amides is 2. The first-order valence-electron chi connectivity index (χ1n) is 16.8. The molecule has 0 saturated carbocycles. The maximum atomic E-state index is 12.7. The molecule has 1 heterocycles. The summed E-state index contributed by atoms with van der Waals surface area (Å²) in [6, 6.07) is 7.05. The average Bonchev–Trinajstić information content (AvgIpc) is 3.08. The summed E-state index contributed by atoms with van der Waals surface area (Å²) < 4.78 is 5.54. The van der Waals surface area contributed by atoms with Crippen molar-refractivity contribution in [1.82, 2.24) is 14.7 Å². The van der Waals surface area contributed by atoms with Crippen molar-refractivity contribution >= 4 is 23.9 Å². The van der Waals surface area contributed by atoms with E-state index in [1.54, 1.807) is 36.0 Å². The molecule has 1 aliphatic heterocycles. The van der Waals surface area contributed by atoms with Crippen molar-refractivity contribution in [1.29, 1.82) is 0 Å². The molecule has 0 aromatic heterocycles. The Balaban J connectivity index is 1.57. The SMILES string of the molecule is CC/C=C\C/C=C\C/C=C\C/C=C\C/C=C\C/C=C\CCC(=O)N1CCN(C(=O)Oc2ccc(CN=C(N)N=C(N)N(C)C)cc2)CC1. The third kappa shape index (κ3) is 17.7. The Bertz CT molecular complexity index is 1330. The highest BCUT2D eigenvalue weighted by Gasteiger charge is 2.25. The van der Waals surface area contributed by atoms with E-state index in [0.717, 1.165) is 44.1 Å². The second-order valence-corrected chi connectivity index (χ2v) is 11.4. The van der Waals surface area contributed by atoms with Gasteiger partial charge in [0.25, 0.3) is 0 Å². The Hall–Kier alpha value is -4.86. The third-order valence-electron chi connectivity index (χ3n) is 7.25. The molecule has 1 aromatic rings. The number of rotatable bonds is 17. The summed E-state index contributed by atoms with van der Waals surface area (Å²) in [5.74, 6) is 0.898. The van der Waals surface area contributed by atoms with E-state index in [4.69, 9.17) is 16.2 Å². The van der Waals surface area contributed by atoms with E-state index < -0.39 is 6.09 Å². The van der Waals surface area contributed by atoms with Gasteiger partial charge in [-0.1, -0.05) is 92.0 Å². The lowest BCUT2D eigenvalue weighted by Crippen LogP contribution is -2.51. The molecule has 0 radical (unpaired) electrons. The smallest absolute Gasteiger partial charge is 0.410 e. The summed E-state index contributed by atoms with van der Waals surface area (Å²) in [6.07, 6.45) is 32.6. The first-order chi connectivity index (χ1) is 23.3. The van der Waals surface area contributed by atoms with Gasteiger partial charge in [-0.15, -0.1) is 0 Å². The van der Waals surface area contributed by atoms with Crippen LogP contribution in [-0.4, -0.2) is 78.9 Å². The average molecular weight is 658 g/mol. The van der Waals surface area contributed by atoms with Gasteiger partial charge in [-0.05, 0) is 62.6 Å². The highest BCUT2D eigenvalue weighted by Crippen LogP contribution is 2.15. The quantitative estimate of drug-likeness (QED) is 0.112. The lowest BCUT2D eigenvalue weighted by atomic mass is 10.2. The molecule has 1 aliphatic rings. The van der Waals surface area contributed by atoms with E-state index in [9.17, 15) is 9.59 Å². The van der Waals surface area contributed by atoms with Gasteiger partial charge in [-0.25, -0.2) is 9.79 Å². The molecule has 0 atom stereocenters. The van der Waals surface area contributed by atoms with Crippen molar-refractivity contribution in [2.45, 2.75) is 64.8 Å². The summed E-state index contributed by atoms with van der Waals surface area (Å²) in [6.45, 7) is 4.34. The van der Waals surface area contributed by atoms with Crippen molar-refractivity contribution in [3.8, 4) is 5.75 Å². The van der Waals surface area contributed by atoms with Gasteiger partial charge >= 0.3 is 6.09 Å². The molecule has 0 bridgehead atoms. The van der Waals surface area contributed by atoms with Crippen molar-refractivity contribution < 1.29 is 14.3 Å². The highest BCUT2D eigenvalue weighted by molar-refractivity contribution is 5.93. The Kier molecular flexibility index (Phi) is 19.9. The molecule has 1 saturated heterocycles. The number of guanidine groups is 2. The van der Waals surface area contributed by atoms with Crippen molar-refractivity contribution in [3.05, 3.63) is 103 Å². The summed E-state index contributed by atoms with van der Waals surface area (Å²) in [5.41, 5.74) is 12.4. The number of allylic oxidation sites excluding steroid dienone is 12. The minimum absolute atomic E-state index is 0.0861. The van der Waals surface area contributed by atoms with E-state index in [2.05, 4.69) is 89.8 Å². The summed E-state index contributed by atoms with van der Waals surface area (Å²) >= 11 is 0. The van der Waals surface area contributed by atoms with Crippen molar-refractivity contribution in [2.24, 2.45) is 21.5 Å². The first kappa shape index (κ1) is 39.3. The number of benzene rings is 1. The Labute approximate surface area is 287 Å². The Morgan fingerprint density at radius 1 is 0.750 bits per heavy atom. The third-order valence-corrected chi connectivity index (χ3v) is 7.25. The molecular formula is C38H55N7O3. The second kappa shape index (κ2) is 24.3. The Morgan fingerprint density at radius 3 is 1.73 bits per heavy atom. The molecule has 2 amide bonds. The van der Waals surface area contributed by atoms with E-state index >= 15 is 0 Å². The monoisotopic (exact) mass is 657 g/mol. The largest absolute Gasteiger partial charge is 0.415 e. The molecule has 1 fully saturated rings. The van der Waals surface area contributed by atoms with Crippen LogP contribution in [0.2, 0.25) is 0 Å². The first-order valence-corrected chi connectivity index (χ1v) is 16.8. The number of piperazine rings is 1. The van der Waals surface area contributed by atoms with Crippen LogP contribution in [0, 0.1) is 0 Å². The van der Waals surface area contributed by atoms with Crippen LogP contribution in [0.1, 0.15) is 63.9 Å². The molecule has 0 unspecified atom stereocenters. The number of aliphatic imine (C=N–C) groups is 2. The van der Waals surface area contributed by atoms with Gasteiger partial charge in [0, 0.05) is 46.7 Å². The van der Waals surface area contributed by atoms with Crippen molar-refractivity contribution in [3.63, 3.8) is 0 Å². The molecule has 10 nitrogen and oxygen atoms in total. The number of carbonyl (C=O) groups is 2. The minimum atomic E-state index is -0.427. The van der Waals surface area contributed by atoms with Crippen LogP contribution in [0.25, 0.3) is 0 Å². The molecule has 48 heavy (non-hydrogen) atoms. The molecular weight excluding hydrogens is 602 g/mol. The van der Waals surface area contributed by atoms with E-state index in [-0.39, 0.29) is 17.8 Å². The van der Waals surface area contributed by atoms with Gasteiger partial charge in [0.05, 0.1) is 6.54 Å². The predicted octanol–water partition coefficient (Wildman–Crippen LogP) is 6.50. The zero-order chi connectivity index (χ0) is 34.8. The van der Waals surface area contributed by atoms with E-state index in [1.807, 2.05) is 17.0 Å². The molecule has 0 aliphatic carbocycles. The zero-order valence-corrected chi connectivity index (χ0v) is 29.0. The maximum absolute atomic E-state index is 12.7. The number of ether oxygens (including phenoxy) is 1. The predicted molar refractivity (Wildman–Crippen MR) is 199 cm³/mol. The van der Waals surface area contributed by atoms with Gasteiger partial charge in [0.2, 0.25) is 11.9 Å². The summed E-state index contributed by atoms with van der Waals surface area (Å²) in [5, 5.41) is 0. The molecule has 4 N–H and O–H groups in total. The van der Waals surface area contributed by atoms with E-state index in [0.29, 0.717) is 51.3 Å². The topological polar surface area (TPSA) is 130 Å². The van der Waals surface area contributed by atoms with Crippen LogP contribution in [0.15, 0.2) is 107 Å². The fraction of sp³-hybridized carbons (Fsp3) is 0.421. The number of nitrogens with two attached hydrogens (primary N) is 2. The van der Waals surface area contributed by atoms with Crippen LogP contribution < -0.4 is 16.2 Å². The van der Waals surface area contributed by atoms with Gasteiger partial charge < -0.3 is 30.9 Å². The normalized spacial score (nSPS) is 15.0. The van der Waals surface area contributed by atoms with Gasteiger partial charge in [-0.2, -0.15) is 4.99 Å². The van der Waals surface area contributed by atoms with Gasteiger partial charge in [0.1, 0.15) is 5.75 Å². The molecule has 1 aromatic carbocycles. The summed E-state index contributed by atoms with van der Waals surface area (Å²) in [7, 11) is 3.53. The number of carbonyl (C=O) groups excluding carboxylic acids is 2. The second-order valence-electron chi connectivity index (χ2n) is 11.4. The highest BCUT2D eigenvalue weighted by atomic mass is 16.6. The van der Waals surface area contributed by atoms with Crippen LogP contribution in [0.5, 0.6) is 5.75 Å². The van der Waals surface area contributed by atoms with Crippen LogP contribution >= 0.6 is 0 Å². The molecule has 2 rings (SSSR count). The van der Waals surface area contributed by atoms with Crippen molar-refractivity contribution in [2.75, 3.05) is 40.3 Å². The zero-order valence-electron chi connectivity index (χ0n) is 29.0. The number of hydrogen-bond acceptors (Lipinski definition) is 4. The number of hydrogen-bond donors (Lipinski definition) is 2. The molecule has 10 heteroatoms. The van der Waals surface area contributed by atoms with Gasteiger partial charge in [-0.3, -0.25) is 4.79 Å². The van der Waals surface area contributed by atoms with Crippen LogP contribution in [0.3, 0.4) is 0 Å².